The first-order valence-corrected chi connectivity index (χ1v) is 17.8. The van der Waals surface area contributed by atoms with Crippen LogP contribution in [0.3, 0.4) is 0 Å². The Balaban J connectivity index is 3.74. The summed E-state index contributed by atoms with van der Waals surface area (Å²) in [5.74, 6) is 0.544. The van der Waals surface area contributed by atoms with E-state index in [2.05, 4.69) is 19.0 Å². The van der Waals surface area contributed by atoms with E-state index < -0.39 is 11.9 Å². The number of carboxylic acid groups (broad SMARTS) is 2. The van der Waals surface area contributed by atoms with Crippen LogP contribution in [0.4, 0.5) is 0 Å². The third kappa shape index (κ3) is 31.5. The fourth-order valence-electron chi connectivity index (χ4n) is 4.89. The number of rotatable bonds is 32. The van der Waals surface area contributed by atoms with E-state index in [1.807, 2.05) is 11.8 Å². The Kier molecular flexibility index (Phi) is 29.2. The zero-order valence-corrected chi connectivity index (χ0v) is 27.4. The van der Waals surface area contributed by atoms with E-state index in [9.17, 15) is 14.4 Å². The molecule has 0 bridgehead atoms. The van der Waals surface area contributed by atoms with E-state index in [-0.39, 0.29) is 11.9 Å². The molecule has 0 fully saturated rings. The molecular formula is C33H63NO6S. The Hall–Kier alpha value is -1.28. The Labute approximate surface area is 255 Å². The van der Waals surface area contributed by atoms with Gasteiger partial charge in [0.2, 0.25) is 0 Å². The van der Waals surface area contributed by atoms with Crippen LogP contribution in [0, 0.1) is 5.92 Å². The lowest BCUT2D eigenvalue weighted by Crippen LogP contribution is -2.25. The molecule has 2 N–H and O–H groups in total. The second-order valence-electron chi connectivity index (χ2n) is 11.9. The van der Waals surface area contributed by atoms with Crippen molar-refractivity contribution in [2.45, 2.75) is 148 Å². The van der Waals surface area contributed by atoms with Gasteiger partial charge in [0.15, 0.2) is 0 Å². The third-order valence-electron chi connectivity index (χ3n) is 7.54. The van der Waals surface area contributed by atoms with Crippen LogP contribution in [0.2, 0.25) is 0 Å². The van der Waals surface area contributed by atoms with Crippen molar-refractivity contribution < 1.29 is 29.3 Å². The van der Waals surface area contributed by atoms with Crippen LogP contribution in [-0.2, 0) is 19.1 Å². The lowest BCUT2D eigenvalue weighted by atomic mass is 10.1. The predicted octanol–water partition coefficient (Wildman–Crippen LogP) is 8.58. The summed E-state index contributed by atoms with van der Waals surface area (Å²) < 4.78 is 5.67. The summed E-state index contributed by atoms with van der Waals surface area (Å²) in [6.07, 6.45) is 24.3. The minimum atomic E-state index is -0.691. The maximum atomic E-state index is 12.7. The largest absolute Gasteiger partial charge is 0.481 e. The highest BCUT2D eigenvalue weighted by Crippen LogP contribution is 2.18. The number of carbonyl (C=O) groups is 3. The first-order chi connectivity index (χ1) is 19.8. The van der Waals surface area contributed by atoms with Crippen molar-refractivity contribution >= 4 is 29.7 Å². The van der Waals surface area contributed by atoms with Crippen LogP contribution < -0.4 is 0 Å². The van der Waals surface area contributed by atoms with E-state index >= 15 is 0 Å². The lowest BCUT2D eigenvalue weighted by Gasteiger charge is -2.18. The van der Waals surface area contributed by atoms with E-state index in [0.717, 1.165) is 75.8 Å². The van der Waals surface area contributed by atoms with Gasteiger partial charge >= 0.3 is 17.9 Å². The first kappa shape index (κ1) is 39.7. The monoisotopic (exact) mass is 601 g/mol. The molecule has 0 aliphatic carbocycles. The van der Waals surface area contributed by atoms with E-state index in [1.54, 1.807) is 0 Å². The Morgan fingerprint density at radius 3 is 1.41 bits per heavy atom. The van der Waals surface area contributed by atoms with Crippen molar-refractivity contribution in [2.24, 2.45) is 5.92 Å². The predicted molar refractivity (Wildman–Crippen MR) is 172 cm³/mol. The average Bonchev–Trinajstić information content (AvgIpc) is 2.92. The molecule has 0 rings (SSSR count). The third-order valence-corrected chi connectivity index (χ3v) is 8.75. The van der Waals surface area contributed by atoms with E-state index in [0.29, 0.717) is 19.4 Å². The van der Waals surface area contributed by atoms with Gasteiger partial charge in [-0.05, 0) is 58.5 Å². The minimum Gasteiger partial charge on any atom is -0.481 e. The summed E-state index contributed by atoms with van der Waals surface area (Å²) in [6, 6.07) is 0. The van der Waals surface area contributed by atoms with Gasteiger partial charge in [-0.25, -0.2) is 0 Å². The number of unbranched alkanes of at least 4 members (excludes halogenated alkanes) is 18. The molecule has 0 aliphatic heterocycles. The van der Waals surface area contributed by atoms with Gasteiger partial charge in [0, 0.05) is 18.6 Å². The number of thioether (sulfide) groups is 1. The molecule has 0 aliphatic rings. The number of hydrogen-bond donors (Lipinski definition) is 2. The SMILES string of the molecule is CN(C)CCC(CSCCCCCCCCCCCCC(=O)O)C(=O)OCCCCCCCCCCCCC(=O)O. The molecule has 0 aromatic rings. The highest BCUT2D eigenvalue weighted by molar-refractivity contribution is 7.99. The molecule has 0 saturated heterocycles. The molecule has 0 aromatic carbocycles. The van der Waals surface area contributed by atoms with Gasteiger partial charge in [-0.3, -0.25) is 14.4 Å². The average molecular weight is 602 g/mol. The van der Waals surface area contributed by atoms with Crippen molar-refractivity contribution in [1.82, 2.24) is 4.90 Å². The maximum Gasteiger partial charge on any atom is 0.309 e. The van der Waals surface area contributed by atoms with Crippen molar-refractivity contribution in [3.8, 4) is 0 Å². The summed E-state index contributed by atoms with van der Waals surface area (Å²) >= 11 is 1.90. The molecule has 0 amide bonds. The quantitative estimate of drug-likeness (QED) is 0.0583. The fourth-order valence-corrected chi connectivity index (χ4v) is 6.05. The molecule has 1 unspecified atom stereocenters. The summed E-state index contributed by atoms with van der Waals surface area (Å²) in [6.45, 7) is 1.44. The highest BCUT2D eigenvalue weighted by Gasteiger charge is 2.20. The van der Waals surface area contributed by atoms with Crippen LogP contribution in [-0.4, -0.2) is 71.8 Å². The molecule has 0 spiro atoms. The molecule has 0 saturated carbocycles. The molecular weight excluding hydrogens is 538 g/mol. The van der Waals surface area contributed by atoms with Crippen LogP contribution in [0.15, 0.2) is 0 Å². The van der Waals surface area contributed by atoms with Crippen molar-refractivity contribution in [2.75, 3.05) is 38.8 Å². The van der Waals surface area contributed by atoms with Gasteiger partial charge in [0.05, 0.1) is 12.5 Å². The Morgan fingerprint density at radius 1 is 0.610 bits per heavy atom. The van der Waals surface area contributed by atoms with Gasteiger partial charge in [-0.15, -0.1) is 0 Å². The summed E-state index contributed by atoms with van der Waals surface area (Å²) in [7, 11) is 4.10. The number of nitrogens with zero attached hydrogens (tertiary/aromatic N) is 1. The molecule has 41 heavy (non-hydrogen) atoms. The van der Waals surface area contributed by atoms with Crippen molar-refractivity contribution in [3.63, 3.8) is 0 Å². The number of hydrogen-bond acceptors (Lipinski definition) is 6. The van der Waals surface area contributed by atoms with Crippen molar-refractivity contribution in [1.29, 1.82) is 0 Å². The number of aliphatic carboxylic acids is 2. The van der Waals surface area contributed by atoms with E-state index in [1.165, 1.54) is 77.0 Å². The summed E-state index contributed by atoms with van der Waals surface area (Å²) in [4.78, 5) is 35.9. The van der Waals surface area contributed by atoms with Crippen LogP contribution in [0.25, 0.3) is 0 Å². The second-order valence-corrected chi connectivity index (χ2v) is 13.0. The number of carboxylic acids is 2. The maximum absolute atomic E-state index is 12.7. The van der Waals surface area contributed by atoms with Gasteiger partial charge in [-0.2, -0.15) is 11.8 Å². The molecule has 7 nitrogen and oxygen atoms in total. The summed E-state index contributed by atoms with van der Waals surface area (Å²) in [5, 5.41) is 17.3. The van der Waals surface area contributed by atoms with Crippen LogP contribution in [0.5, 0.6) is 0 Å². The topological polar surface area (TPSA) is 104 Å². The Morgan fingerprint density at radius 2 is 1.00 bits per heavy atom. The Bertz CT molecular complexity index is 631. The second kappa shape index (κ2) is 30.2. The molecule has 0 radical (unpaired) electrons. The van der Waals surface area contributed by atoms with Gasteiger partial charge < -0.3 is 19.8 Å². The standard InChI is InChI=1S/C33H63NO6S/c1-34(2)26-25-30(29-41-28-22-18-14-10-6-4-8-12-16-20-24-32(37)38)33(39)40-27-21-17-13-9-5-3-7-11-15-19-23-31(35)36/h30H,3-29H2,1-2H3,(H,35,36)(H,37,38). The number of ether oxygens (including phenoxy) is 1. The number of esters is 1. The number of carbonyl (C=O) groups excluding carboxylic acids is 1. The highest BCUT2D eigenvalue weighted by atomic mass is 32.2. The van der Waals surface area contributed by atoms with Crippen LogP contribution in [0.1, 0.15) is 148 Å². The zero-order valence-electron chi connectivity index (χ0n) is 26.6. The molecule has 0 heterocycles. The van der Waals surface area contributed by atoms with Gasteiger partial charge in [0.1, 0.15) is 0 Å². The molecule has 1 atom stereocenters. The smallest absolute Gasteiger partial charge is 0.309 e. The van der Waals surface area contributed by atoms with Crippen LogP contribution >= 0.6 is 11.8 Å². The minimum absolute atomic E-state index is 0.0200. The molecule has 242 valence electrons. The first-order valence-electron chi connectivity index (χ1n) is 16.7. The normalized spacial score (nSPS) is 12.1. The van der Waals surface area contributed by atoms with Crippen molar-refractivity contribution in [3.05, 3.63) is 0 Å². The lowest BCUT2D eigenvalue weighted by molar-refractivity contribution is -0.148. The fraction of sp³-hybridized carbons (Fsp3) is 0.909. The van der Waals surface area contributed by atoms with Gasteiger partial charge in [0.25, 0.3) is 0 Å². The van der Waals surface area contributed by atoms with Gasteiger partial charge in [-0.1, -0.05) is 103 Å². The van der Waals surface area contributed by atoms with E-state index in [4.69, 9.17) is 14.9 Å². The summed E-state index contributed by atoms with van der Waals surface area (Å²) in [5.41, 5.74) is 0. The zero-order chi connectivity index (χ0) is 30.4. The molecule has 8 heteroatoms. The molecule has 0 aromatic heterocycles.